The summed E-state index contributed by atoms with van der Waals surface area (Å²) < 4.78 is 24.8. The molecular formula is C27H36N4O6. The molecule has 2 aliphatic heterocycles. The van der Waals surface area contributed by atoms with Crippen LogP contribution in [-0.4, -0.2) is 64.2 Å². The van der Waals surface area contributed by atoms with Crippen LogP contribution in [0.3, 0.4) is 0 Å². The van der Waals surface area contributed by atoms with Crippen molar-refractivity contribution in [2.24, 2.45) is 5.92 Å². The molecule has 0 spiro atoms. The zero-order chi connectivity index (χ0) is 26.6. The van der Waals surface area contributed by atoms with E-state index in [0.29, 0.717) is 49.3 Å². The Morgan fingerprint density at radius 3 is 2.68 bits per heavy atom. The van der Waals surface area contributed by atoms with Gasteiger partial charge < -0.3 is 29.2 Å². The molecule has 4 rings (SSSR count). The highest BCUT2D eigenvalue weighted by Gasteiger charge is 2.36. The van der Waals surface area contributed by atoms with E-state index < -0.39 is 11.8 Å². The van der Waals surface area contributed by atoms with Gasteiger partial charge in [-0.3, -0.25) is 14.3 Å². The molecule has 0 aliphatic carbocycles. The summed E-state index contributed by atoms with van der Waals surface area (Å²) in [7, 11) is 0. The van der Waals surface area contributed by atoms with Crippen LogP contribution in [0.1, 0.15) is 41.0 Å². The predicted molar refractivity (Wildman–Crippen MR) is 137 cm³/mol. The maximum atomic E-state index is 13.3. The Kier molecular flexibility index (Phi) is 8.19. The van der Waals surface area contributed by atoms with Crippen molar-refractivity contribution in [2.45, 2.75) is 65.5 Å². The first-order valence-electron chi connectivity index (χ1n) is 12.7. The number of carbonyl (C=O) groups excluding carboxylic acids is 2. The number of rotatable bonds is 11. The SMILES string of the molecule is CCOc1ccccc1OC1=CC(=O)N([C@@H](CC(C)C)C(=O)Nc2ccn(C[C@@H]3COC(C)(C)O3)n2)C1. The van der Waals surface area contributed by atoms with Gasteiger partial charge >= 0.3 is 0 Å². The average molecular weight is 513 g/mol. The monoisotopic (exact) mass is 512 g/mol. The summed E-state index contributed by atoms with van der Waals surface area (Å²) in [6, 6.07) is 8.36. The van der Waals surface area contributed by atoms with Gasteiger partial charge in [0.15, 0.2) is 23.1 Å². The van der Waals surface area contributed by atoms with E-state index in [1.54, 1.807) is 23.0 Å². The zero-order valence-electron chi connectivity index (χ0n) is 22.1. The lowest BCUT2D eigenvalue weighted by Crippen LogP contribution is -2.46. The molecule has 0 saturated carbocycles. The minimum Gasteiger partial charge on any atom is -0.490 e. The summed E-state index contributed by atoms with van der Waals surface area (Å²) >= 11 is 0. The van der Waals surface area contributed by atoms with Crippen LogP contribution >= 0.6 is 0 Å². The molecule has 2 aromatic rings. The number of hydrogen-bond acceptors (Lipinski definition) is 7. The number of amides is 2. The molecule has 2 atom stereocenters. The molecule has 1 aromatic carbocycles. The first-order chi connectivity index (χ1) is 17.6. The number of anilines is 1. The fraction of sp³-hybridized carbons (Fsp3) is 0.519. The standard InChI is InChI=1S/C27H36N4O6/c1-6-34-22-9-7-8-10-23(22)36-19-14-25(32)31(16-19)21(13-18(2)3)26(33)28-24-11-12-30(29-24)15-20-17-35-27(4,5)37-20/h7-12,14,18,20-21H,6,13,15-17H2,1-5H3,(H,28,29,33)/t20-,21+/m1/s1. The van der Waals surface area contributed by atoms with E-state index in [1.165, 1.54) is 11.0 Å². The van der Waals surface area contributed by atoms with Gasteiger partial charge in [0, 0.05) is 18.3 Å². The van der Waals surface area contributed by atoms with E-state index in [2.05, 4.69) is 10.4 Å². The number of carbonyl (C=O) groups is 2. The van der Waals surface area contributed by atoms with Crippen molar-refractivity contribution in [3.05, 3.63) is 48.4 Å². The van der Waals surface area contributed by atoms with E-state index in [-0.39, 0.29) is 30.4 Å². The summed E-state index contributed by atoms with van der Waals surface area (Å²) in [5, 5.41) is 7.34. The maximum Gasteiger partial charge on any atom is 0.251 e. The number of hydrogen-bond donors (Lipinski definition) is 1. The molecule has 2 amide bonds. The number of aromatic nitrogens is 2. The summed E-state index contributed by atoms with van der Waals surface area (Å²) in [6.45, 7) is 11.4. The zero-order valence-corrected chi connectivity index (χ0v) is 22.1. The summed E-state index contributed by atoms with van der Waals surface area (Å²) in [5.41, 5.74) is 0. The molecule has 10 heteroatoms. The minimum atomic E-state index is -0.676. The van der Waals surface area contributed by atoms with Gasteiger partial charge in [-0.2, -0.15) is 5.10 Å². The largest absolute Gasteiger partial charge is 0.490 e. The Morgan fingerprint density at radius 1 is 1.24 bits per heavy atom. The van der Waals surface area contributed by atoms with E-state index in [1.807, 2.05) is 52.8 Å². The lowest BCUT2D eigenvalue weighted by atomic mass is 10.0. The molecule has 1 aromatic heterocycles. The molecule has 1 N–H and O–H groups in total. The topological polar surface area (TPSA) is 104 Å². The fourth-order valence-electron chi connectivity index (χ4n) is 4.41. The van der Waals surface area contributed by atoms with Crippen LogP contribution in [-0.2, 0) is 25.6 Å². The molecule has 1 fully saturated rings. The maximum absolute atomic E-state index is 13.3. The summed E-state index contributed by atoms with van der Waals surface area (Å²) in [5.74, 6) is 1.02. The van der Waals surface area contributed by atoms with Crippen molar-refractivity contribution in [1.29, 1.82) is 0 Å². The highest BCUT2D eigenvalue weighted by atomic mass is 16.7. The molecule has 2 aliphatic rings. The molecule has 1 saturated heterocycles. The minimum absolute atomic E-state index is 0.119. The molecule has 3 heterocycles. The third-order valence-corrected chi connectivity index (χ3v) is 6.01. The lowest BCUT2D eigenvalue weighted by molar-refractivity contribution is -0.139. The van der Waals surface area contributed by atoms with Crippen LogP contribution in [0.25, 0.3) is 0 Å². The van der Waals surface area contributed by atoms with E-state index >= 15 is 0 Å². The van der Waals surface area contributed by atoms with Crippen molar-refractivity contribution in [3.63, 3.8) is 0 Å². The van der Waals surface area contributed by atoms with Gasteiger partial charge in [-0.05, 0) is 45.2 Å². The van der Waals surface area contributed by atoms with E-state index in [0.717, 1.165) is 0 Å². The van der Waals surface area contributed by atoms with Gasteiger partial charge in [0.05, 0.1) is 26.3 Å². The Morgan fingerprint density at radius 2 is 2.00 bits per heavy atom. The molecule has 200 valence electrons. The second kappa shape index (κ2) is 11.4. The van der Waals surface area contributed by atoms with Gasteiger partial charge in [-0.25, -0.2) is 0 Å². The normalized spacial score (nSPS) is 19.7. The Bertz CT molecular complexity index is 1140. The van der Waals surface area contributed by atoms with Crippen molar-refractivity contribution in [1.82, 2.24) is 14.7 Å². The van der Waals surface area contributed by atoms with Crippen LogP contribution in [0.2, 0.25) is 0 Å². The van der Waals surface area contributed by atoms with Gasteiger partial charge in [0.25, 0.3) is 5.91 Å². The van der Waals surface area contributed by atoms with Gasteiger partial charge in [0.2, 0.25) is 5.91 Å². The molecule has 0 unspecified atom stereocenters. The molecule has 10 nitrogen and oxygen atoms in total. The summed E-state index contributed by atoms with van der Waals surface area (Å²) in [6.07, 6.45) is 3.60. The van der Waals surface area contributed by atoms with Gasteiger partial charge in [-0.15, -0.1) is 0 Å². The second-order valence-corrected chi connectivity index (χ2v) is 10.1. The van der Waals surface area contributed by atoms with Crippen LogP contribution in [0.5, 0.6) is 11.5 Å². The molecular weight excluding hydrogens is 476 g/mol. The molecule has 37 heavy (non-hydrogen) atoms. The Balaban J connectivity index is 1.40. The van der Waals surface area contributed by atoms with Gasteiger partial charge in [-0.1, -0.05) is 26.0 Å². The number of nitrogens with zero attached hydrogens (tertiary/aromatic N) is 3. The number of para-hydroxylation sites is 2. The predicted octanol–water partition coefficient (Wildman–Crippen LogP) is 3.59. The Hall–Kier alpha value is -3.37. The summed E-state index contributed by atoms with van der Waals surface area (Å²) in [4.78, 5) is 27.8. The van der Waals surface area contributed by atoms with Crippen LogP contribution < -0.4 is 14.8 Å². The fourth-order valence-corrected chi connectivity index (χ4v) is 4.41. The first-order valence-corrected chi connectivity index (χ1v) is 12.7. The van der Waals surface area contributed by atoms with E-state index in [9.17, 15) is 9.59 Å². The molecule has 0 bridgehead atoms. The number of ether oxygens (including phenoxy) is 4. The van der Waals surface area contributed by atoms with Crippen LogP contribution in [0.15, 0.2) is 48.4 Å². The lowest BCUT2D eigenvalue weighted by Gasteiger charge is -2.28. The van der Waals surface area contributed by atoms with Crippen molar-refractivity contribution >= 4 is 17.6 Å². The van der Waals surface area contributed by atoms with E-state index in [4.69, 9.17) is 18.9 Å². The smallest absolute Gasteiger partial charge is 0.251 e. The Labute approximate surface area is 217 Å². The highest BCUT2D eigenvalue weighted by Crippen LogP contribution is 2.30. The average Bonchev–Trinajstić information content (AvgIpc) is 3.52. The quantitative estimate of drug-likeness (QED) is 0.491. The number of nitrogens with one attached hydrogen (secondary N) is 1. The van der Waals surface area contributed by atoms with Crippen molar-refractivity contribution in [3.8, 4) is 11.5 Å². The third-order valence-electron chi connectivity index (χ3n) is 6.01. The van der Waals surface area contributed by atoms with Gasteiger partial charge in [0.1, 0.15) is 17.9 Å². The van der Waals surface area contributed by atoms with Crippen molar-refractivity contribution < 1.29 is 28.5 Å². The number of benzene rings is 1. The molecule has 0 radical (unpaired) electrons. The van der Waals surface area contributed by atoms with Crippen molar-refractivity contribution in [2.75, 3.05) is 25.1 Å². The first kappa shape index (κ1) is 26.7. The highest BCUT2D eigenvalue weighted by molar-refractivity contribution is 5.99. The van der Waals surface area contributed by atoms with Crippen LogP contribution in [0.4, 0.5) is 5.82 Å². The second-order valence-electron chi connectivity index (χ2n) is 10.1. The van der Waals surface area contributed by atoms with Crippen LogP contribution in [0, 0.1) is 5.92 Å². The third kappa shape index (κ3) is 6.90.